The zero-order chi connectivity index (χ0) is 16.4. The molecule has 0 fully saturated rings. The van der Waals surface area contributed by atoms with Crippen LogP contribution in [0.25, 0.3) is 0 Å². The Hall–Kier alpha value is 1.82. The molecule has 0 N–H and O–H groups in total. The summed E-state index contributed by atoms with van der Waals surface area (Å²) in [5, 5.41) is 0. The summed E-state index contributed by atoms with van der Waals surface area (Å²) in [5.74, 6) is 3.36. The van der Waals surface area contributed by atoms with Gasteiger partial charge in [0.2, 0.25) is 0 Å². The molecule has 0 aliphatic carbocycles. The second kappa shape index (κ2) is 17.2. The van der Waals surface area contributed by atoms with E-state index in [4.69, 9.17) is 0 Å². The Kier molecular flexibility index (Phi) is 22.2. The normalized spacial score (nSPS) is 14.1. The van der Waals surface area contributed by atoms with Gasteiger partial charge in [-0.05, 0) is 54.2 Å². The maximum Gasteiger partial charge on any atom is -0.0116 e. The van der Waals surface area contributed by atoms with Crippen LogP contribution in [0.15, 0.2) is 0 Å². The molecule has 0 aliphatic heterocycles. The molecule has 0 nitrogen and oxygen atoms in total. The van der Waals surface area contributed by atoms with Gasteiger partial charge < -0.3 is 0 Å². The fraction of sp³-hybridized carbons (Fsp3) is 1.00. The lowest BCUT2D eigenvalue weighted by atomic mass is 10.1. The van der Waals surface area contributed by atoms with Crippen molar-refractivity contribution in [1.29, 1.82) is 0 Å². The zero-order valence-corrected chi connectivity index (χ0v) is 22.2. The van der Waals surface area contributed by atoms with Crippen molar-refractivity contribution < 1.29 is 0 Å². The highest BCUT2D eigenvalue weighted by Crippen LogP contribution is 2.56. The number of hydrogen-bond acceptors (Lipinski definition) is 0. The lowest BCUT2D eigenvalue weighted by Gasteiger charge is -2.30. The predicted octanol–water partition coefficient (Wildman–Crippen LogP) is 8.75. The van der Waals surface area contributed by atoms with Gasteiger partial charge in [-0.1, -0.05) is 84.1 Å². The van der Waals surface area contributed by atoms with Crippen LogP contribution in [0.5, 0.6) is 0 Å². The Morgan fingerprint density at radius 3 is 1.09 bits per heavy atom. The topological polar surface area (TPSA) is 0 Å². The highest BCUT2D eigenvalue weighted by molar-refractivity contribution is 8.93. The van der Waals surface area contributed by atoms with Gasteiger partial charge in [0.15, 0.2) is 0 Å². The van der Waals surface area contributed by atoms with Gasteiger partial charge >= 0.3 is 0 Å². The van der Waals surface area contributed by atoms with Gasteiger partial charge in [0, 0.05) is 0 Å². The molecule has 144 valence electrons. The first-order valence-corrected chi connectivity index (χ1v) is 12.8. The molecule has 2 atom stereocenters. The molecule has 0 saturated heterocycles. The molecule has 0 heterocycles. The third-order valence-electron chi connectivity index (χ3n) is 4.28. The van der Waals surface area contributed by atoms with Gasteiger partial charge in [-0.15, -0.1) is 34.0 Å². The van der Waals surface area contributed by atoms with E-state index in [2.05, 4.69) is 55.4 Å². The molecule has 0 aromatic rings. The Balaban J connectivity index is -0.00000200. The predicted molar refractivity (Wildman–Crippen MR) is 128 cm³/mol. The maximum atomic E-state index is 2.48. The Labute approximate surface area is 171 Å². The molecular formula is C19H44Br2P2. The van der Waals surface area contributed by atoms with Crippen LogP contribution in [0.1, 0.15) is 81.1 Å². The Bertz CT molecular complexity index is 220. The maximum absolute atomic E-state index is 2.48. The van der Waals surface area contributed by atoms with Crippen LogP contribution in [0.3, 0.4) is 0 Å². The third kappa shape index (κ3) is 17.0. The molecule has 0 aromatic heterocycles. The van der Waals surface area contributed by atoms with Crippen LogP contribution in [0.2, 0.25) is 0 Å². The summed E-state index contributed by atoms with van der Waals surface area (Å²) in [4.78, 5) is 0. The van der Waals surface area contributed by atoms with E-state index < -0.39 is 0 Å². The van der Waals surface area contributed by atoms with E-state index in [1.807, 2.05) is 0 Å². The van der Waals surface area contributed by atoms with Crippen molar-refractivity contribution >= 4 is 49.8 Å². The van der Waals surface area contributed by atoms with Crippen molar-refractivity contribution in [3.63, 3.8) is 0 Å². The zero-order valence-electron chi connectivity index (χ0n) is 17.0. The largest absolute Gasteiger partial charge is 0.114 e. The highest BCUT2D eigenvalue weighted by atomic mass is 79.9. The first-order chi connectivity index (χ1) is 9.73. The van der Waals surface area contributed by atoms with Gasteiger partial charge in [-0.25, -0.2) is 0 Å². The van der Waals surface area contributed by atoms with Crippen molar-refractivity contribution in [1.82, 2.24) is 0 Å². The number of rotatable bonds is 12. The minimum absolute atomic E-state index is 0. The molecule has 0 bridgehead atoms. The van der Waals surface area contributed by atoms with Crippen molar-refractivity contribution in [3.05, 3.63) is 0 Å². The minimum atomic E-state index is 0. The van der Waals surface area contributed by atoms with Crippen molar-refractivity contribution in [2.75, 3.05) is 18.2 Å². The van der Waals surface area contributed by atoms with Crippen LogP contribution >= 0.6 is 49.8 Å². The van der Waals surface area contributed by atoms with E-state index in [-0.39, 0.29) is 49.8 Å². The molecule has 0 saturated carbocycles. The van der Waals surface area contributed by atoms with Gasteiger partial charge in [-0.3, -0.25) is 0 Å². The van der Waals surface area contributed by atoms with E-state index in [9.17, 15) is 0 Å². The SMILES string of the molecule is Br.Br.CC(C)CCCP(CP(CCCC(C)C)C(C)C)C(C)C. The Morgan fingerprint density at radius 1 is 0.565 bits per heavy atom. The van der Waals surface area contributed by atoms with Crippen LogP contribution in [-0.4, -0.2) is 29.5 Å². The summed E-state index contributed by atoms with van der Waals surface area (Å²) in [6, 6.07) is 0. The first kappa shape index (κ1) is 29.6. The van der Waals surface area contributed by atoms with Gasteiger partial charge in [0.25, 0.3) is 0 Å². The molecule has 0 amide bonds. The molecule has 0 spiro atoms. The highest BCUT2D eigenvalue weighted by Gasteiger charge is 2.20. The fourth-order valence-corrected chi connectivity index (χ4v) is 10.4. The standard InChI is InChI=1S/C19H42P2.2BrH/c1-16(2)11-9-13-20(18(5)6)15-21(19(7)8)14-10-12-17(3)4;;/h16-19H,9-15H2,1-8H3;2*1H. The summed E-state index contributed by atoms with van der Waals surface area (Å²) < 4.78 is 0. The van der Waals surface area contributed by atoms with E-state index in [0.717, 1.165) is 23.2 Å². The van der Waals surface area contributed by atoms with Gasteiger partial charge in [0.05, 0.1) is 0 Å². The minimum Gasteiger partial charge on any atom is -0.114 e. The molecule has 23 heavy (non-hydrogen) atoms. The average molecular weight is 494 g/mol. The van der Waals surface area contributed by atoms with Crippen LogP contribution < -0.4 is 0 Å². The number of halogens is 2. The van der Waals surface area contributed by atoms with E-state index in [1.54, 1.807) is 5.90 Å². The quantitative estimate of drug-likeness (QED) is 0.238. The average Bonchev–Trinajstić information content (AvgIpc) is 2.34. The Morgan fingerprint density at radius 2 is 0.870 bits per heavy atom. The van der Waals surface area contributed by atoms with Crippen LogP contribution in [0.4, 0.5) is 0 Å². The van der Waals surface area contributed by atoms with E-state index in [0.29, 0.717) is 0 Å². The molecule has 4 heteroatoms. The summed E-state index contributed by atoms with van der Waals surface area (Å²) in [6.07, 6.45) is 8.85. The monoisotopic (exact) mass is 492 g/mol. The van der Waals surface area contributed by atoms with E-state index >= 15 is 0 Å². The molecule has 0 aliphatic rings. The molecule has 0 aromatic carbocycles. The number of hydrogen-bond donors (Lipinski definition) is 0. The lowest BCUT2D eigenvalue weighted by Crippen LogP contribution is -2.07. The smallest absolute Gasteiger partial charge is 0.0116 e. The fourth-order valence-electron chi connectivity index (χ4n) is 2.62. The van der Waals surface area contributed by atoms with Crippen LogP contribution in [0, 0.1) is 11.8 Å². The summed E-state index contributed by atoms with van der Waals surface area (Å²) in [7, 11) is 0.550. The van der Waals surface area contributed by atoms with E-state index in [1.165, 1.54) is 38.0 Å². The summed E-state index contributed by atoms with van der Waals surface area (Å²) >= 11 is 0. The second-order valence-electron chi connectivity index (χ2n) is 8.03. The van der Waals surface area contributed by atoms with Gasteiger partial charge in [-0.2, -0.15) is 0 Å². The summed E-state index contributed by atoms with van der Waals surface area (Å²) in [6.45, 7) is 19.4. The van der Waals surface area contributed by atoms with Crippen molar-refractivity contribution in [2.24, 2.45) is 11.8 Å². The third-order valence-corrected chi connectivity index (χ3v) is 11.9. The van der Waals surface area contributed by atoms with Crippen LogP contribution in [-0.2, 0) is 0 Å². The lowest BCUT2D eigenvalue weighted by molar-refractivity contribution is 0.577. The second-order valence-corrected chi connectivity index (χ2v) is 14.5. The molecule has 2 unspecified atom stereocenters. The van der Waals surface area contributed by atoms with Crippen molar-refractivity contribution in [2.45, 2.75) is 92.4 Å². The first-order valence-electron chi connectivity index (χ1n) is 9.22. The molecule has 0 radical (unpaired) electrons. The van der Waals surface area contributed by atoms with Crippen molar-refractivity contribution in [3.8, 4) is 0 Å². The molecular weight excluding hydrogens is 450 g/mol. The summed E-state index contributed by atoms with van der Waals surface area (Å²) in [5.41, 5.74) is 1.86. The van der Waals surface area contributed by atoms with Gasteiger partial charge in [0.1, 0.15) is 0 Å². The molecule has 0 rings (SSSR count).